The molecule has 0 saturated carbocycles. The molecule has 106 valence electrons. The summed E-state index contributed by atoms with van der Waals surface area (Å²) in [7, 11) is -3.52. The minimum atomic E-state index is -3.52. The summed E-state index contributed by atoms with van der Waals surface area (Å²) < 4.78 is 26.5. The van der Waals surface area contributed by atoms with Crippen molar-refractivity contribution in [2.45, 2.75) is 44.4 Å². The van der Waals surface area contributed by atoms with E-state index in [0.717, 1.165) is 12.8 Å². The SMILES string of the molecule is CC1CCN(S(=O)(=O)c2ccc(CO)cn2)C(C)C1. The summed E-state index contributed by atoms with van der Waals surface area (Å²) in [6, 6.07) is 3.07. The molecular formula is C13H20N2O3S. The number of hydrogen-bond acceptors (Lipinski definition) is 4. The number of pyridine rings is 1. The molecule has 1 aliphatic heterocycles. The molecule has 19 heavy (non-hydrogen) atoms. The molecule has 1 aromatic rings. The lowest BCUT2D eigenvalue weighted by molar-refractivity contribution is 0.219. The van der Waals surface area contributed by atoms with Gasteiger partial charge in [-0.2, -0.15) is 4.31 Å². The molecule has 1 N–H and O–H groups in total. The molecule has 2 unspecified atom stereocenters. The van der Waals surface area contributed by atoms with Crippen molar-refractivity contribution in [3.8, 4) is 0 Å². The van der Waals surface area contributed by atoms with Gasteiger partial charge in [0.2, 0.25) is 0 Å². The van der Waals surface area contributed by atoms with Crippen molar-refractivity contribution in [2.24, 2.45) is 5.92 Å². The number of nitrogens with zero attached hydrogens (tertiary/aromatic N) is 2. The summed E-state index contributed by atoms with van der Waals surface area (Å²) in [5.74, 6) is 0.561. The van der Waals surface area contributed by atoms with E-state index in [9.17, 15) is 8.42 Å². The zero-order chi connectivity index (χ0) is 14.0. The van der Waals surface area contributed by atoms with Gasteiger partial charge in [-0.15, -0.1) is 0 Å². The molecule has 0 bridgehead atoms. The second-order valence-corrected chi connectivity index (χ2v) is 7.09. The van der Waals surface area contributed by atoms with Gasteiger partial charge in [-0.05, 0) is 37.3 Å². The maximum atomic E-state index is 12.5. The van der Waals surface area contributed by atoms with E-state index in [1.54, 1.807) is 6.07 Å². The van der Waals surface area contributed by atoms with Gasteiger partial charge in [-0.1, -0.05) is 13.0 Å². The molecule has 1 saturated heterocycles. The third kappa shape index (κ3) is 2.96. The van der Waals surface area contributed by atoms with Gasteiger partial charge in [0, 0.05) is 18.8 Å². The van der Waals surface area contributed by atoms with Crippen LogP contribution in [-0.4, -0.2) is 35.4 Å². The zero-order valence-corrected chi connectivity index (χ0v) is 12.1. The summed E-state index contributed by atoms with van der Waals surface area (Å²) in [5.41, 5.74) is 0.610. The highest BCUT2D eigenvalue weighted by molar-refractivity contribution is 7.89. The quantitative estimate of drug-likeness (QED) is 0.910. The first-order valence-corrected chi connectivity index (χ1v) is 7.96. The van der Waals surface area contributed by atoms with Gasteiger partial charge in [-0.3, -0.25) is 0 Å². The predicted octanol–water partition coefficient (Wildman–Crippen LogP) is 1.38. The number of rotatable bonds is 3. The fourth-order valence-electron chi connectivity index (χ4n) is 2.52. The van der Waals surface area contributed by atoms with E-state index >= 15 is 0 Å². The average Bonchev–Trinajstić information content (AvgIpc) is 2.38. The molecule has 0 aliphatic carbocycles. The maximum Gasteiger partial charge on any atom is 0.260 e. The van der Waals surface area contributed by atoms with Gasteiger partial charge in [0.25, 0.3) is 10.0 Å². The summed E-state index contributed by atoms with van der Waals surface area (Å²) in [5, 5.41) is 9.01. The number of aliphatic hydroxyl groups is 1. The first-order valence-electron chi connectivity index (χ1n) is 6.52. The Bertz CT molecular complexity index is 527. The van der Waals surface area contributed by atoms with Gasteiger partial charge in [0.1, 0.15) is 0 Å². The molecule has 2 heterocycles. The Labute approximate surface area is 114 Å². The number of hydrogen-bond donors (Lipinski definition) is 1. The summed E-state index contributed by atoms with van der Waals surface area (Å²) in [6.45, 7) is 4.50. The molecule has 0 radical (unpaired) electrons. The van der Waals surface area contributed by atoms with Crippen LogP contribution in [0.2, 0.25) is 0 Å². The Morgan fingerprint density at radius 3 is 2.68 bits per heavy atom. The van der Waals surface area contributed by atoms with E-state index in [1.165, 1.54) is 16.6 Å². The molecule has 2 rings (SSSR count). The highest BCUT2D eigenvalue weighted by Crippen LogP contribution is 2.27. The third-order valence-corrected chi connectivity index (χ3v) is 5.56. The first kappa shape index (κ1) is 14.4. The van der Waals surface area contributed by atoms with Crippen molar-refractivity contribution >= 4 is 10.0 Å². The first-order chi connectivity index (χ1) is 8.95. The number of aliphatic hydroxyl groups excluding tert-OH is 1. The van der Waals surface area contributed by atoms with Crippen molar-refractivity contribution in [2.75, 3.05) is 6.54 Å². The van der Waals surface area contributed by atoms with E-state index in [0.29, 0.717) is 18.0 Å². The lowest BCUT2D eigenvalue weighted by Gasteiger charge is -2.35. The van der Waals surface area contributed by atoms with Gasteiger partial charge in [0.05, 0.1) is 6.61 Å². The Hall–Kier alpha value is -0.980. The van der Waals surface area contributed by atoms with Crippen LogP contribution in [-0.2, 0) is 16.6 Å². The Morgan fingerprint density at radius 2 is 2.16 bits per heavy atom. The lowest BCUT2D eigenvalue weighted by atomic mass is 9.95. The monoisotopic (exact) mass is 284 g/mol. The van der Waals surface area contributed by atoms with Crippen LogP contribution in [0.5, 0.6) is 0 Å². The van der Waals surface area contributed by atoms with E-state index in [4.69, 9.17) is 5.11 Å². The molecule has 0 spiro atoms. The van der Waals surface area contributed by atoms with Crippen LogP contribution in [0.4, 0.5) is 0 Å². The second kappa shape index (κ2) is 5.56. The van der Waals surface area contributed by atoms with Crippen LogP contribution in [0.25, 0.3) is 0 Å². The smallest absolute Gasteiger partial charge is 0.260 e. The van der Waals surface area contributed by atoms with Crippen molar-refractivity contribution in [1.82, 2.24) is 9.29 Å². The largest absolute Gasteiger partial charge is 0.392 e. The van der Waals surface area contributed by atoms with E-state index in [2.05, 4.69) is 11.9 Å². The fraction of sp³-hybridized carbons (Fsp3) is 0.615. The van der Waals surface area contributed by atoms with E-state index < -0.39 is 10.0 Å². The fourth-order valence-corrected chi connectivity index (χ4v) is 4.09. The van der Waals surface area contributed by atoms with Crippen LogP contribution >= 0.6 is 0 Å². The van der Waals surface area contributed by atoms with Crippen molar-refractivity contribution in [3.05, 3.63) is 23.9 Å². The zero-order valence-electron chi connectivity index (χ0n) is 11.3. The topological polar surface area (TPSA) is 70.5 Å². The lowest BCUT2D eigenvalue weighted by Crippen LogP contribution is -2.44. The maximum absolute atomic E-state index is 12.5. The Balaban J connectivity index is 2.26. The molecule has 0 amide bonds. The van der Waals surface area contributed by atoms with Crippen LogP contribution in [0, 0.1) is 5.92 Å². The van der Waals surface area contributed by atoms with Crippen molar-refractivity contribution in [3.63, 3.8) is 0 Å². The number of aromatic nitrogens is 1. The van der Waals surface area contributed by atoms with Crippen molar-refractivity contribution in [1.29, 1.82) is 0 Å². The van der Waals surface area contributed by atoms with Gasteiger partial charge in [0.15, 0.2) is 5.03 Å². The summed E-state index contributed by atoms with van der Waals surface area (Å²) in [4.78, 5) is 3.96. The molecule has 0 aromatic carbocycles. The van der Waals surface area contributed by atoms with Gasteiger partial charge < -0.3 is 5.11 Å². The molecule has 1 fully saturated rings. The number of piperidine rings is 1. The van der Waals surface area contributed by atoms with Crippen LogP contribution < -0.4 is 0 Å². The van der Waals surface area contributed by atoms with Crippen LogP contribution in [0.15, 0.2) is 23.4 Å². The molecule has 6 heteroatoms. The summed E-state index contributed by atoms with van der Waals surface area (Å²) >= 11 is 0. The minimum absolute atomic E-state index is 0.00747. The standard InChI is InChI=1S/C13H20N2O3S/c1-10-5-6-15(11(2)7-10)19(17,18)13-4-3-12(9-16)8-14-13/h3-4,8,10-11,16H,5-7,9H2,1-2H3. The average molecular weight is 284 g/mol. The molecule has 1 aromatic heterocycles. The molecule has 2 atom stereocenters. The van der Waals surface area contributed by atoms with Gasteiger partial charge >= 0.3 is 0 Å². The van der Waals surface area contributed by atoms with Gasteiger partial charge in [-0.25, -0.2) is 13.4 Å². The molecular weight excluding hydrogens is 264 g/mol. The molecule has 5 nitrogen and oxygen atoms in total. The summed E-state index contributed by atoms with van der Waals surface area (Å²) in [6.07, 6.45) is 3.18. The van der Waals surface area contributed by atoms with Crippen molar-refractivity contribution < 1.29 is 13.5 Å². The highest BCUT2D eigenvalue weighted by atomic mass is 32.2. The predicted molar refractivity (Wildman–Crippen MR) is 71.9 cm³/mol. The van der Waals surface area contributed by atoms with Crippen LogP contribution in [0.1, 0.15) is 32.3 Å². The third-order valence-electron chi connectivity index (χ3n) is 3.63. The highest BCUT2D eigenvalue weighted by Gasteiger charge is 2.33. The second-order valence-electron chi connectivity index (χ2n) is 5.26. The Kier molecular flexibility index (Phi) is 4.23. The van der Waals surface area contributed by atoms with E-state index in [-0.39, 0.29) is 17.7 Å². The normalized spacial score (nSPS) is 25.4. The van der Waals surface area contributed by atoms with E-state index in [1.807, 2.05) is 6.92 Å². The molecule has 1 aliphatic rings. The van der Waals surface area contributed by atoms with Crippen LogP contribution in [0.3, 0.4) is 0 Å². The number of sulfonamides is 1. The Morgan fingerprint density at radius 1 is 1.42 bits per heavy atom. The minimum Gasteiger partial charge on any atom is -0.392 e.